The lowest BCUT2D eigenvalue weighted by Crippen LogP contribution is -2.22. The van der Waals surface area contributed by atoms with E-state index < -0.39 is 11.9 Å². The Morgan fingerprint density at radius 1 is 1.26 bits per heavy atom. The van der Waals surface area contributed by atoms with Crippen LogP contribution in [0.1, 0.15) is 28.3 Å². The van der Waals surface area contributed by atoms with Crippen molar-refractivity contribution in [1.29, 1.82) is 0 Å². The fourth-order valence-corrected chi connectivity index (χ4v) is 2.62. The molecule has 0 atom stereocenters. The van der Waals surface area contributed by atoms with E-state index in [1.54, 1.807) is 37.3 Å². The van der Waals surface area contributed by atoms with E-state index in [2.05, 4.69) is 9.72 Å². The van der Waals surface area contributed by atoms with Crippen molar-refractivity contribution in [3.63, 3.8) is 0 Å². The summed E-state index contributed by atoms with van der Waals surface area (Å²) in [5.74, 6) is -0.667. The number of para-hydroxylation sites is 1. The summed E-state index contributed by atoms with van der Waals surface area (Å²) in [6, 6.07) is 8.62. The normalized spacial score (nSPS) is 10.7. The van der Waals surface area contributed by atoms with E-state index in [0.717, 1.165) is 0 Å². The van der Waals surface area contributed by atoms with Crippen molar-refractivity contribution in [2.75, 3.05) is 7.11 Å². The largest absolute Gasteiger partial charge is 0.463 e. The van der Waals surface area contributed by atoms with Gasteiger partial charge in [-0.3, -0.25) is 14.2 Å². The highest BCUT2D eigenvalue weighted by Crippen LogP contribution is 2.16. The Morgan fingerprint density at radius 2 is 2.04 bits per heavy atom. The maximum atomic E-state index is 12.4. The molecule has 0 aliphatic carbocycles. The van der Waals surface area contributed by atoms with Crippen molar-refractivity contribution >= 4 is 22.8 Å². The molecule has 8 nitrogen and oxygen atoms in total. The lowest BCUT2D eigenvalue weighted by Gasteiger charge is -2.06. The second kappa shape index (κ2) is 7.86. The standard InChI is InChI=1S/C19H18N2O6/c1-12-9-13(27-17(12)19(24)25-2)10-26-16(22)7-8-21-11-20-15-6-4-3-5-14(15)18(21)23/h3-6,9,11H,7-8,10H2,1-2H3. The number of benzene rings is 1. The number of rotatable bonds is 6. The molecule has 3 rings (SSSR count). The van der Waals surface area contributed by atoms with Gasteiger partial charge in [0.1, 0.15) is 12.4 Å². The molecule has 0 aliphatic rings. The highest BCUT2D eigenvalue weighted by Gasteiger charge is 2.17. The Labute approximate surface area is 154 Å². The van der Waals surface area contributed by atoms with Gasteiger partial charge in [0.2, 0.25) is 5.76 Å². The monoisotopic (exact) mass is 370 g/mol. The minimum Gasteiger partial charge on any atom is -0.463 e. The van der Waals surface area contributed by atoms with Crippen molar-refractivity contribution in [3.8, 4) is 0 Å². The number of fused-ring (bicyclic) bond motifs is 1. The molecule has 8 heteroatoms. The van der Waals surface area contributed by atoms with E-state index in [1.165, 1.54) is 18.0 Å². The molecule has 140 valence electrons. The van der Waals surface area contributed by atoms with E-state index in [0.29, 0.717) is 22.2 Å². The predicted molar refractivity (Wildman–Crippen MR) is 95.2 cm³/mol. The summed E-state index contributed by atoms with van der Waals surface area (Å²) in [5, 5.41) is 0.495. The molecule has 0 amide bonds. The first-order chi connectivity index (χ1) is 13.0. The Kier molecular flexibility index (Phi) is 5.35. The second-order valence-corrected chi connectivity index (χ2v) is 5.89. The first-order valence-electron chi connectivity index (χ1n) is 8.27. The molecule has 3 aromatic rings. The Hall–Kier alpha value is -3.42. The molecule has 2 heterocycles. The molecule has 0 spiro atoms. The minimum absolute atomic E-state index is 0.00345. The Balaban J connectivity index is 1.58. The number of carbonyl (C=O) groups excluding carboxylic acids is 2. The molecule has 0 radical (unpaired) electrons. The van der Waals surface area contributed by atoms with Gasteiger partial charge in [0.15, 0.2) is 0 Å². The number of methoxy groups -OCH3 is 1. The molecule has 0 bridgehead atoms. The van der Waals surface area contributed by atoms with Crippen LogP contribution in [0.5, 0.6) is 0 Å². The maximum absolute atomic E-state index is 12.4. The van der Waals surface area contributed by atoms with Gasteiger partial charge in [0.25, 0.3) is 5.56 Å². The lowest BCUT2D eigenvalue weighted by molar-refractivity contribution is -0.145. The van der Waals surface area contributed by atoms with Crippen LogP contribution in [0, 0.1) is 6.92 Å². The van der Waals surface area contributed by atoms with Crippen LogP contribution < -0.4 is 5.56 Å². The zero-order chi connectivity index (χ0) is 19.4. The van der Waals surface area contributed by atoms with Gasteiger partial charge in [-0.25, -0.2) is 9.78 Å². The van der Waals surface area contributed by atoms with Crippen molar-refractivity contribution in [2.45, 2.75) is 26.5 Å². The van der Waals surface area contributed by atoms with Gasteiger partial charge in [-0.05, 0) is 25.1 Å². The zero-order valence-corrected chi connectivity index (χ0v) is 14.9. The fourth-order valence-electron chi connectivity index (χ4n) is 2.62. The van der Waals surface area contributed by atoms with Crippen molar-refractivity contribution in [2.24, 2.45) is 0 Å². The van der Waals surface area contributed by atoms with Gasteiger partial charge in [0.05, 0.1) is 30.8 Å². The third kappa shape index (κ3) is 4.05. The van der Waals surface area contributed by atoms with E-state index in [4.69, 9.17) is 9.15 Å². The summed E-state index contributed by atoms with van der Waals surface area (Å²) in [4.78, 5) is 40.0. The highest BCUT2D eigenvalue weighted by atomic mass is 16.5. The topological polar surface area (TPSA) is 101 Å². The summed E-state index contributed by atoms with van der Waals surface area (Å²) in [7, 11) is 1.26. The molecule has 2 aromatic heterocycles. The number of aryl methyl sites for hydroxylation is 2. The minimum atomic E-state index is -0.590. The van der Waals surface area contributed by atoms with Crippen LogP contribution in [-0.4, -0.2) is 28.6 Å². The lowest BCUT2D eigenvalue weighted by atomic mass is 10.2. The molecule has 0 fully saturated rings. The summed E-state index contributed by atoms with van der Waals surface area (Å²) >= 11 is 0. The number of hydrogen-bond donors (Lipinski definition) is 0. The summed E-state index contributed by atoms with van der Waals surface area (Å²) in [5.41, 5.74) is 0.996. The van der Waals surface area contributed by atoms with Crippen LogP contribution in [0.3, 0.4) is 0 Å². The first-order valence-corrected chi connectivity index (χ1v) is 8.27. The molecule has 1 aromatic carbocycles. The van der Waals surface area contributed by atoms with Crippen molar-refractivity contribution in [3.05, 3.63) is 64.1 Å². The van der Waals surface area contributed by atoms with E-state index in [-0.39, 0.29) is 30.9 Å². The van der Waals surface area contributed by atoms with Crippen LogP contribution in [0.4, 0.5) is 0 Å². The van der Waals surface area contributed by atoms with Crippen molar-refractivity contribution < 1.29 is 23.5 Å². The summed E-state index contributed by atoms with van der Waals surface area (Å²) in [6.07, 6.45) is 1.42. The van der Waals surface area contributed by atoms with Gasteiger partial charge >= 0.3 is 11.9 Å². The average molecular weight is 370 g/mol. The molecule has 0 aliphatic heterocycles. The number of hydrogen-bond acceptors (Lipinski definition) is 7. The smallest absolute Gasteiger partial charge is 0.374 e. The summed E-state index contributed by atoms with van der Waals surface area (Å²) < 4.78 is 16.4. The van der Waals surface area contributed by atoms with Gasteiger partial charge in [-0.2, -0.15) is 0 Å². The van der Waals surface area contributed by atoms with E-state index in [1.807, 2.05) is 0 Å². The van der Waals surface area contributed by atoms with Gasteiger partial charge < -0.3 is 13.9 Å². The zero-order valence-electron chi connectivity index (χ0n) is 14.9. The van der Waals surface area contributed by atoms with Crippen LogP contribution in [-0.2, 0) is 27.4 Å². The quantitative estimate of drug-likeness (QED) is 0.613. The van der Waals surface area contributed by atoms with Crippen LogP contribution in [0.15, 0.2) is 45.9 Å². The SMILES string of the molecule is COC(=O)c1oc(COC(=O)CCn2cnc3ccccc3c2=O)cc1C. The first kappa shape index (κ1) is 18.4. The van der Waals surface area contributed by atoms with Gasteiger partial charge in [-0.1, -0.05) is 12.1 Å². The molecular formula is C19H18N2O6. The molecule has 0 unspecified atom stereocenters. The molecule has 27 heavy (non-hydrogen) atoms. The van der Waals surface area contributed by atoms with Gasteiger partial charge in [0, 0.05) is 12.1 Å². The number of nitrogens with zero attached hydrogens (tertiary/aromatic N) is 2. The van der Waals surface area contributed by atoms with Crippen LogP contribution >= 0.6 is 0 Å². The van der Waals surface area contributed by atoms with Crippen LogP contribution in [0.25, 0.3) is 10.9 Å². The van der Waals surface area contributed by atoms with Crippen molar-refractivity contribution in [1.82, 2.24) is 9.55 Å². The summed E-state index contributed by atoms with van der Waals surface area (Å²) in [6.45, 7) is 1.74. The van der Waals surface area contributed by atoms with E-state index in [9.17, 15) is 14.4 Å². The Morgan fingerprint density at radius 3 is 2.81 bits per heavy atom. The fraction of sp³-hybridized carbons (Fsp3) is 0.263. The molecule has 0 saturated carbocycles. The second-order valence-electron chi connectivity index (χ2n) is 5.89. The number of ether oxygens (including phenoxy) is 2. The van der Waals surface area contributed by atoms with Gasteiger partial charge in [-0.15, -0.1) is 0 Å². The van der Waals surface area contributed by atoms with E-state index >= 15 is 0 Å². The maximum Gasteiger partial charge on any atom is 0.374 e. The average Bonchev–Trinajstić information content (AvgIpc) is 3.06. The third-order valence-electron chi connectivity index (χ3n) is 4.00. The number of esters is 2. The highest BCUT2D eigenvalue weighted by molar-refractivity contribution is 5.87. The Bertz CT molecular complexity index is 1050. The molecule has 0 N–H and O–H groups in total. The number of carbonyl (C=O) groups is 2. The van der Waals surface area contributed by atoms with Crippen LogP contribution in [0.2, 0.25) is 0 Å². The number of aromatic nitrogens is 2. The number of furan rings is 1. The third-order valence-corrected chi connectivity index (χ3v) is 4.00. The predicted octanol–water partition coefficient (Wildman–Crippen LogP) is 2.22. The molecule has 0 saturated heterocycles. The molecular weight excluding hydrogens is 352 g/mol.